The van der Waals surface area contributed by atoms with Crippen molar-refractivity contribution < 1.29 is 18.9 Å². The molecule has 0 aliphatic carbocycles. The molecule has 130 valence electrons. The summed E-state index contributed by atoms with van der Waals surface area (Å²) in [6.07, 6.45) is 1.29. The van der Waals surface area contributed by atoms with Crippen molar-refractivity contribution >= 4 is 0 Å². The lowest BCUT2D eigenvalue weighted by atomic mass is 9.85. The van der Waals surface area contributed by atoms with Crippen LogP contribution < -0.4 is 0 Å². The summed E-state index contributed by atoms with van der Waals surface area (Å²) >= 11 is 0. The lowest BCUT2D eigenvalue weighted by Crippen LogP contribution is -2.50. The van der Waals surface area contributed by atoms with Crippen LogP contribution in [-0.4, -0.2) is 29.9 Å². The average Bonchev–Trinajstić information content (AvgIpc) is 2.97. The molecule has 0 spiro atoms. The molecule has 0 amide bonds. The zero-order valence-electron chi connectivity index (χ0n) is 14.7. The van der Waals surface area contributed by atoms with E-state index in [0.29, 0.717) is 13.0 Å². The van der Waals surface area contributed by atoms with Crippen LogP contribution in [0.1, 0.15) is 32.8 Å². The Hall–Kier alpha value is -1.46. The summed E-state index contributed by atoms with van der Waals surface area (Å²) in [4.78, 5) is 0. The highest BCUT2D eigenvalue weighted by atomic mass is 16.8. The van der Waals surface area contributed by atoms with Crippen LogP contribution in [0.15, 0.2) is 55.1 Å². The highest BCUT2D eigenvalue weighted by molar-refractivity contribution is 5.18. The quantitative estimate of drug-likeness (QED) is 0.740. The summed E-state index contributed by atoms with van der Waals surface area (Å²) in [5.74, 6) is -0.697. The van der Waals surface area contributed by atoms with Crippen LogP contribution in [0.4, 0.5) is 0 Å². The molecule has 2 aliphatic heterocycles. The third kappa shape index (κ3) is 3.20. The molecule has 2 heterocycles. The minimum absolute atomic E-state index is 0.316. The van der Waals surface area contributed by atoms with Gasteiger partial charge in [0.2, 0.25) is 0 Å². The molecule has 0 bridgehead atoms. The van der Waals surface area contributed by atoms with Gasteiger partial charge in [0.1, 0.15) is 17.8 Å². The molecule has 0 unspecified atom stereocenters. The molecule has 2 fully saturated rings. The Morgan fingerprint density at radius 3 is 2.58 bits per heavy atom. The summed E-state index contributed by atoms with van der Waals surface area (Å²) in [5.41, 5.74) is 1.41. The molecule has 0 saturated carbocycles. The third-order valence-corrected chi connectivity index (χ3v) is 4.44. The smallest absolute Gasteiger partial charge is 0.190 e. The topological polar surface area (TPSA) is 36.9 Å². The first-order valence-electron chi connectivity index (χ1n) is 8.32. The molecule has 24 heavy (non-hydrogen) atoms. The van der Waals surface area contributed by atoms with E-state index in [4.69, 9.17) is 18.9 Å². The van der Waals surface area contributed by atoms with Crippen LogP contribution in [0.5, 0.6) is 0 Å². The molecule has 0 radical (unpaired) electrons. The molecule has 1 aromatic rings. The second-order valence-electron chi connectivity index (χ2n) is 7.08. The highest BCUT2D eigenvalue weighted by Crippen LogP contribution is 2.48. The van der Waals surface area contributed by atoms with E-state index < -0.39 is 17.7 Å². The summed E-state index contributed by atoms with van der Waals surface area (Å²) in [5, 5.41) is 0. The fourth-order valence-electron chi connectivity index (χ4n) is 3.52. The molecule has 4 heteroatoms. The summed E-state index contributed by atoms with van der Waals surface area (Å²) in [6, 6.07) is 10.1. The standard InChI is InChI=1S/C20H26O4/c1-6-16-20(12-14(2)3,21-13-15-10-8-7-9-11-15)17-18(22-16)24-19(4,5)23-17/h6-11,16-18H,1-2,12-13H2,3-5H3/t16-,17+,18-,20+/m1/s1. The number of rotatable bonds is 6. The van der Waals surface area contributed by atoms with Gasteiger partial charge in [0.25, 0.3) is 0 Å². The number of ether oxygens (including phenoxy) is 4. The summed E-state index contributed by atoms with van der Waals surface area (Å²) < 4.78 is 24.5. The normalized spacial score (nSPS) is 34.0. The van der Waals surface area contributed by atoms with Gasteiger partial charge in [-0.05, 0) is 26.3 Å². The number of hydrogen-bond donors (Lipinski definition) is 0. The highest BCUT2D eigenvalue weighted by Gasteiger charge is 2.63. The molecule has 3 rings (SSSR count). The van der Waals surface area contributed by atoms with Crippen molar-refractivity contribution in [3.05, 3.63) is 60.7 Å². The maximum absolute atomic E-state index is 6.44. The van der Waals surface area contributed by atoms with E-state index in [1.54, 1.807) is 6.08 Å². The van der Waals surface area contributed by atoms with Crippen molar-refractivity contribution in [1.29, 1.82) is 0 Å². The first kappa shape index (κ1) is 17.4. The van der Waals surface area contributed by atoms with Crippen molar-refractivity contribution in [2.75, 3.05) is 0 Å². The van der Waals surface area contributed by atoms with Gasteiger partial charge in [0, 0.05) is 6.42 Å². The monoisotopic (exact) mass is 330 g/mol. The van der Waals surface area contributed by atoms with E-state index in [2.05, 4.69) is 13.2 Å². The van der Waals surface area contributed by atoms with Crippen LogP contribution in [-0.2, 0) is 25.6 Å². The Kier molecular flexibility index (Phi) is 4.67. The first-order chi connectivity index (χ1) is 11.4. The number of benzene rings is 1. The molecular weight excluding hydrogens is 304 g/mol. The molecule has 4 atom stereocenters. The maximum Gasteiger partial charge on any atom is 0.190 e. The van der Waals surface area contributed by atoms with Crippen LogP contribution in [0.25, 0.3) is 0 Å². The fourth-order valence-corrected chi connectivity index (χ4v) is 3.52. The lowest BCUT2D eigenvalue weighted by molar-refractivity contribution is -0.231. The van der Waals surface area contributed by atoms with Gasteiger partial charge in [0.05, 0.1) is 6.61 Å². The summed E-state index contributed by atoms with van der Waals surface area (Å²) in [6.45, 7) is 14.2. The zero-order valence-corrected chi connectivity index (χ0v) is 14.7. The van der Waals surface area contributed by atoms with Crippen LogP contribution in [0.3, 0.4) is 0 Å². The van der Waals surface area contributed by atoms with Crippen LogP contribution in [0, 0.1) is 0 Å². The van der Waals surface area contributed by atoms with E-state index in [1.165, 1.54) is 0 Å². The van der Waals surface area contributed by atoms with Gasteiger partial charge in [0.15, 0.2) is 12.1 Å². The fraction of sp³-hybridized carbons (Fsp3) is 0.500. The van der Waals surface area contributed by atoms with E-state index >= 15 is 0 Å². The van der Waals surface area contributed by atoms with Crippen molar-refractivity contribution in [2.45, 2.75) is 63.7 Å². The average molecular weight is 330 g/mol. The molecule has 0 N–H and O–H groups in total. The minimum Gasteiger partial charge on any atom is -0.364 e. The van der Waals surface area contributed by atoms with Crippen molar-refractivity contribution in [3.8, 4) is 0 Å². The van der Waals surface area contributed by atoms with Crippen molar-refractivity contribution in [3.63, 3.8) is 0 Å². The van der Waals surface area contributed by atoms with E-state index in [9.17, 15) is 0 Å². The molecular formula is C20H26O4. The van der Waals surface area contributed by atoms with Crippen molar-refractivity contribution in [1.82, 2.24) is 0 Å². The van der Waals surface area contributed by atoms with Gasteiger partial charge in [-0.3, -0.25) is 0 Å². The van der Waals surface area contributed by atoms with E-state index in [1.807, 2.05) is 51.1 Å². The number of hydrogen-bond acceptors (Lipinski definition) is 4. The Morgan fingerprint density at radius 1 is 1.25 bits per heavy atom. The van der Waals surface area contributed by atoms with Crippen LogP contribution in [0.2, 0.25) is 0 Å². The largest absolute Gasteiger partial charge is 0.364 e. The zero-order chi connectivity index (χ0) is 17.4. The molecule has 4 nitrogen and oxygen atoms in total. The van der Waals surface area contributed by atoms with Crippen LogP contribution >= 0.6 is 0 Å². The van der Waals surface area contributed by atoms with Gasteiger partial charge < -0.3 is 18.9 Å². The van der Waals surface area contributed by atoms with Gasteiger partial charge in [-0.1, -0.05) is 42.0 Å². The van der Waals surface area contributed by atoms with Crippen molar-refractivity contribution in [2.24, 2.45) is 0 Å². The Balaban J connectivity index is 1.90. The molecule has 2 saturated heterocycles. The summed E-state index contributed by atoms with van der Waals surface area (Å²) in [7, 11) is 0. The first-order valence-corrected chi connectivity index (χ1v) is 8.32. The molecule has 0 aromatic heterocycles. The molecule has 1 aromatic carbocycles. The van der Waals surface area contributed by atoms with Gasteiger partial charge in [-0.2, -0.15) is 0 Å². The van der Waals surface area contributed by atoms with E-state index in [0.717, 1.165) is 11.1 Å². The van der Waals surface area contributed by atoms with E-state index in [-0.39, 0.29) is 12.2 Å². The third-order valence-electron chi connectivity index (χ3n) is 4.44. The predicted molar refractivity (Wildman–Crippen MR) is 92.3 cm³/mol. The SMILES string of the molecule is C=C[C@H]1O[C@@H]2OC(C)(C)O[C@@H]2[C@@]1(CC(=C)C)OCc1ccccc1. The Labute approximate surface area is 144 Å². The number of fused-ring (bicyclic) bond motifs is 1. The lowest BCUT2D eigenvalue weighted by Gasteiger charge is -2.37. The second kappa shape index (κ2) is 6.45. The van der Waals surface area contributed by atoms with Gasteiger partial charge in [-0.25, -0.2) is 0 Å². The Bertz CT molecular complexity index is 609. The predicted octanol–water partition coefficient (Wildman–Crippen LogP) is 3.97. The van der Waals surface area contributed by atoms with Gasteiger partial charge in [-0.15, -0.1) is 13.2 Å². The Morgan fingerprint density at radius 2 is 1.96 bits per heavy atom. The molecule has 2 aliphatic rings. The minimum atomic E-state index is -0.697. The maximum atomic E-state index is 6.44. The van der Waals surface area contributed by atoms with Gasteiger partial charge >= 0.3 is 0 Å². The second-order valence-corrected chi connectivity index (χ2v) is 7.08.